The predicted octanol–water partition coefficient (Wildman–Crippen LogP) is 2.76. The van der Waals surface area contributed by atoms with Crippen LogP contribution < -0.4 is 0 Å². The van der Waals surface area contributed by atoms with Crippen molar-refractivity contribution in [2.24, 2.45) is 0 Å². The first-order chi connectivity index (χ1) is 10.5. The van der Waals surface area contributed by atoms with Crippen LogP contribution in [-0.2, 0) is 5.60 Å². The zero-order chi connectivity index (χ0) is 15.7. The highest BCUT2D eigenvalue weighted by molar-refractivity contribution is 5.95. The molecule has 0 saturated carbocycles. The number of hydrogen-bond acceptors (Lipinski definition) is 2. The van der Waals surface area contributed by atoms with E-state index in [1.807, 2.05) is 49.1 Å². The molecule has 4 nitrogen and oxygen atoms in total. The standard InChI is InChI=1S/C18H22N2O2/c1-13-5-3-4-6-16(13)18(22)8-11-20(12-9-18)17(21)15-7-10-19-14(15)2/h3-7,10,19,22H,8-9,11-12H2,1-2H3. The topological polar surface area (TPSA) is 56.3 Å². The molecule has 0 unspecified atom stereocenters. The molecule has 2 N–H and O–H groups in total. The van der Waals surface area contributed by atoms with Crippen LogP contribution in [0.15, 0.2) is 36.5 Å². The summed E-state index contributed by atoms with van der Waals surface area (Å²) in [5.74, 6) is 0.0468. The van der Waals surface area contributed by atoms with E-state index in [4.69, 9.17) is 0 Å². The van der Waals surface area contributed by atoms with Crippen LogP contribution >= 0.6 is 0 Å². The number of nitrogens with zero attached hydrogens (tertiary/aromatic N) is 1. The van der Waals surface area contributed by atoms with Gasteiger partial charge < -0.3 is 15.0 Å². The molecule has 1 aliphatic rings. The number of aromatic amines is 1. The molecule has 0 bridgehead atoms. The maximum Gasteiger partial charge on any atom is 0.255 e. The molecule has 2 aromatic rings. The van der Waals surface area contributed by atoms with Gasteiger partial charge in [-0.25, -0.2) is 0 Å². The molecule has 1 aliphatic heterocycles. The van der Waals surface area contributed by atoms with Gasteiger partial charge in [-0.2, -0.15) is 0 Å². The molecule has 22 heavy (non-hydrogen) atoms. The van der Waals surface area contributed by atoms with E-state index in [-0.39, 0.29) is 5.91 Å². The Labute approximate surface area is 130 Å². The fourth-order valence-electron chi connectivity index (χ4n) is 3.30. The molecule has 1 fully saturated rings. The minimum Gasteiger partial charge on any atom is -0.385 e. The number of aliphatic hydroxyl groups is 1. The fraction of sp³-hybridized carbons (Fsp3) is 0.389. The lowest BCUT2D eigenvalue weighted by molar-refractivity contribution is -0.0215. The van der Waals surface area contributed by atoms with Crippen LogP contribution in [0, 0.1) is 13.8 Å². The molecule has 1 saturated heterocycles. The lowest BCUT2D eigenvalue weighted by Crippen LogP contribution is -2.45. The molecule has 0 atom stereocenters. The van der Waals surface area contributed by atoms with Crippen molar-refractivity contribution in [2.45, 2.75) is 32.3 Å². The number of H-pyrrole nitrogens is 1. The lowest BCUT2D eigenvalue weighted by atomic mass is 9.82. The Balaban J connectivity index is 1.74. The Kier molecular flexibility index (Phi) is 3.79. The van der Waals surface area contributed by atoms with E-state index >= 15 is 0 Å². The van der Waals surface area contributed by atoms with Crippen molar-refractivity contribution in [3.8, 4) is 0 Å². The minimum atomic E-state index is -0.824. The molecule has 4 heteroatoms. The summed E-state index contributed by atoms with van der Waals surface area (Å²) >= 11 is 0. The summed E-state index contributed by atoms with van der Waals surface area (Å²) in [6, 6.07) is 9.77. The van der Waals surface area contributed by atoms with Crippen LogP contribution in [0.25, 0.3) is 0 Å². The molecule has 1 aromatic carbocycles. The SMILES string of the molecule is Cc1ccccc1C1(O)CCN(C(=O)c2cc[nH]c2C)CC1. The summed E-state index contributed by atoms with van der Waals surface area (Å²) in [5.41, 5.74) is 2.88. The number of rotatable bonds is 2. The third kappa shape index (κ3) is 2.55. The number of aryl methyl sites for hydroxylation is 2. The molecule has 0 spiro atoms. The van der Waals surface area contributed by atoms with Crippen molar-refractivity contribution in [2.75, 3.05) is 13.1 Å². The monoisotopic (exact) mass is 298 g/mol. The van der Waals surface area contributed by atoms with Gasteiger partial charge in [0, 0.05) is 25.0 Å². The number of likely N-dealkylation sites (tertiary alicyclic amines) is 1. The zero-order valence-corrected chi connectivity index (χ0v) is 13.1. The number of carbonyl (C=O) groups is 1. The average Bonchev–Trinajstić information content (AvgIpc) is 2.94. The number of nitrogens with one attached hydrogen (secondary N) is 1. The van der Waals surface area contributed by atoms with Crippen LogP contribution in [0.4, 0.5) is 0 Å². The quantitative estimate of drug-likeness (QED) is 0.895. The first-order valence-corrected chi connectivity index (χ1v) is 7.73. The van der Waals surface area contributed by atoms with Crippen LogP contribution in [0.5, 0.6) is 0 Å². The number of carbonyl (C=O) groups excluding carboxylic acids is 1. The van der Waals surface area contributed by atoms with E-state index in [9.17, 15) is 9.90 Å². The maximum absolute atomic E-state index is 12.5. The first-order valence-electron chi connectivity index (χ1n) is 7.73. The first kappa shape index (κ1) is 14.9. The zero-order valence-electron chi connectivity index (χ0n) is 13.1. The molecule has 116 valence electrons. The number of benzene rings is 1. The third-order valence-electron chi connectivity index (χ3n) is 4.71. The van der Waals surface area contributed by atoms with E-state index in [0.29, 0.717) is 25.9 Å². The van der Waals surface area contributed by atoms with Crippen LogP contribution in [0.2, 0.25) is 0 Å². The van der Waals surface area contributed by atoms with Crippen molar-refractivity contribution >= 4 is 5.91 Å². The highest BCUT2D eigenvalue weighted by Gasteiger charge is 2.36. The van der Waals surface area contributed by atoms with Crippen LogP contribution in [0.1, 0.15) is 40.0 Å². The summed E-state index contributed by atoms with van der Waals surface area (Å²) in [4.78, 5) is 17.4. The lowest BCUT2D eigenvalue weighted by Gasteiger charge is -2.39. The van der Waals surface area contributed by atoms with Gasteiger partial charge in [0.25, 0.3) is 5.91 Å². The van der Waals surface area contributed by atoms with E-state index in [1.165, 1.54) is 0 Å². The second-order valence-corrected chi connectivity index (χ2v) is 6.16. The van der Waals surface area contributed by atoms with Crippen LogP contribution in [-0.4, -0.2) is 34.0 Å². The summed E-state index contributed by atoms with van der Waals surface area (Å²) in [6.07, 6.45) is 2.94. The molecule has 1 amide bonds. The van der Waals surface area contributed by atoms with Gasteiger partial charge in [0.1, 0.15) is 0 Å². The molecule has 1 aromatic heterocycles. The highest BCUT2D eigenvalue weighted by Crippen LogP contribution is 2.35. The Morgan fingerprint density at radius 2 is 1.86 bits per heavy atom. The second-order valence-electron chi connectivity index (χ2n) is 6.16. The van der Waals surface area contributed by atoms with Crippen molar-refractivity contribution in [1.82, 2.24) is 9.88 Å². The van der Waals surface area contributed by atoms with Crippen molar-refractivity contribution in [3.05, 3.63) is 58.9 Å². The maximum atomic E-state index is 12.5. The van der Waals surface area contributed by atoms with Gasteiger partial charge in [-0.15, -0.1) is 0 Å². The van der Waals surface area contributed by atoms with Crippen molar-refractivity contribution in [1.29, 1.82) is 0 Å². The number of piperidine rings is 1. The molecular weight excluding hydrogens is 276 g/mol. The van der Waals surface area contributed by atoms with E-state index in [1.54, 1.807) is 6.20 Å². The molecule has 2 heterocycles. The smallest absolute Gasteiger partial charge is 0.255 e. The summed E-state index contributed by atoms with van der Waals surface area (Å²) < 4.78 is 0. The van der Waals surface area contributed by atoms with Gasteiger partial charge in [-0.05, 0) is 43.9 Å². The van der Waals surface area contributed by atoms with Gasteiger partial charge in [-0.3, -0.25) is 4.79 Å². The number of aromatic nitrogens is 1. The highest BCUT2D eigenvalue weighted by atomic mass is 16.3. The second kappa shape index (κ2) is 5.61. The number of amides is 1. The van der Waals surface area contributed by atoms with E-state index in [0.717, 1.165) is 22.4 Å². The average molecular weight is 298 g/mol. The van der Waals surface area contributed by atoms with Gasteiger partial charge in [0.2, 0.25) is 0 Å². The minimum absolute atomic E-state index is 0.0468. The van der Waals surface area contributed by atoms with Crippen molar-refractivity contribution < 1.29 is 9.90 Å². The van der Waals surface area contributed by atoms with Crippen molar-refractivity contribution in [3.63, 3.8) is 0 Å². The fourth-order valence-corrected chi connectivity index (χ4v) is 3.30. The van der Waals surface area contributed by atoms with Gasteiger partial charge in [0.15, 0.2) is 0 Å². The normalized spacial score (nSPS) is 17.5. The Morgan fingerprint density at radius 1 is 1.18 bits per heavy atom. The number of hydrogen-bond donors (Lipinski definition) is 2. The van der Waals surface area contributed by atoms with Gasteiger partial charge in [-0.1, -0.05) is 24.3 Å². The molecule has 3 rings (SSSR count). The summed E-state index contributed by atoms with van der Waals surface area (Å²) in [5, 5.41) is 11.0. The molecule has 0 aliphatic carbocycles. The predicted molar refractivity (Wildman–Crippen MR) is 85.7 cm³/mol. The van der Waals surface area contributed by atoms with Gasteiger partial charge >= 0.3 is 0 Å². The largest absolute Gasteiger partial charge is 0.385 e. The summed E-state index contributed by atoms with van der Waals surface area (Å²) in [7, 11) is 0. The van der Waals surface area contributed by atoms with Gasteiger partial charge in [0.05, 0.1) is 11.2 Å². The third-order valence-corrected chi connectivity index (χ3v) is 4.71. The Morgan fingerprint density at radius 3 is 2.45 bits per heavy atom. The molecule has 0 radical (unpaired) electrons. The Hall–Kier alpha value is -2.07. The summed E-state index contributed by atoms with van der Waals surface area (Å²) in [6.45, 7) is 5.08. The van der Waals surface area contributed by atoms with Crippen LogP contribution in [0.3, 0.4) is 0 Å². The Bertz CT molecular complexity index is 682. The van der Waals surface area contributed by atoms with E-state index in [2.05, 4.69) is 4.98 Å². The van der Waals surface area contributed by atoms with E-state index < -0.39 is 5.60 Å². The molecular formula is C18H22N2O2.